The van der Waals surface area contributed by atoms with E-state index in [9.17, 15) is 4.79 Å². The first-order valence-electron chi connectivity index (χ1n) is 7.00. The maximum atomic E-state index is 12.6. The van der Waals surface area contributed by atoms with E-state index in [-0.39, 0.29) is 11.4 Å². The van der Waals surface area contributed by atoms with Gasteiger partial charge in [0.25, 0.3) is 5.91 Å². The number of morpholine rings is 1. The van der Waals surface area contributed by atoms with Crippen molar-refractivity contribution in [2.45, 2.75) is 32.7 Å². The molecule has 0 radical (unpaired) electrons. The summed E-state index contributed by atoms with van der Waals surface area (Å²) in [6, 6.07) is 0. The maximum Gasteiger partial charge on any atom is 0.274 e. The molecule has 1 fully saturated rings. The van der Waals surface area contributed by atoms with Crippen LogP contribution in [0.25, 0.3) is 0 Å². The molecule has 110 valence electrons. The van der Waals surface area contributed by atoms with Crippen LogP contribution in [0, 0.1) is 0 Å². The molecule has 6 nitrogen and oxygen atoms in total. The maximum absolute atomic E-state index is 12.6. The van der Waals surface area contributed by atoms with Crippen molar-refractivity contribution in [3.05, 3.63) is 18.1 Å². The Morgan fingerprint density at radius 2 is 2.30 bits per heavy atom. The number of amides is 1. The zero-order valence-electron chi connectivity index (χ0n) is 12.3. The van der Waals surface area contributed by atoms with Gasteiger partial charge < -0.3 is 15.0 Å². The normalized spacial score (nSPS) is 17.9. The molecule has 1 aliphatic heterocycles. The van der Waals surface area contributed by atoms with Crippen LogP contribution in [0.15, 0.2) is 12.4 Å². The molecular weight excluding hydrogens is 256 g/mol. The lowest BCUT2D eigenvalue weighted by atomic mass is 10.0. The molecule has 0 bridgehead atoms. The van der Waals surface area contributed by atoms with Gasteiger partial charge in [-0.1, -0.05) is 6.92 Å². The van der Waals surface area contributed by atoms with Crippen molar-refractivity contribution < 1.29 is 9.53 Å². The predicted molar refractivity (Wildman–Crippen MR) is 76.7 cm³/mol. The molecule has 0 aliphatic carbocycles. The highest BCUT2D eigenvalue weighted by Gasteiger charge is 2.35. The van der Waals surface area contributed by atoms with E-state index in [1.807, 2.05) is 18.7 Å². The summed E-state index contributed by atoms with van der Waals surface area (Å²) in [5.41, 5.74) is 0.0604. The molecular formula is C14H22N4O2. The van der Waals surface area contributed by atoms with Gasteiger partial charge in [-0.3, -0.25) is 9.78 Å². The second-order valence-corrected chi connectivity index (χ2v) is 5.54. The van der Waals surface area contributed by atoms with Crippen LogP contribution in [-0.4, -0.2) is 52.6 Å². The lowest BCUT2D eigenvalue weighted by Crippen LogP contribution is -2.55. The molecule has 2 rings (SSSR count). The van der Waals surface area contributed by atoms with Gasteiger partial charge in [0, 0.05) is 13.1 Å². The molecule has 0 aromatic carbocycles. The number of anilines is 1. The summed E-state index contributed by atoms with van der Waals surface area (Å²) in [5, 5.41) is 3.14. The van der Waals surface area contributed by atoms with Crippen LogP contribution in [0.3, 0.4) is 0 Å². The average molecular weight is 278 g/mol. The first-order chi connectivity index (χ1) is 9.54. The van der Waals surface area contributed by atoms with Crippen LogP contribution in [0.4, 0.5) is 5.82 Å². The van der Waals surface area contributed by atoms with Crippen LogP contribution in [0.2, 0.25) is 0 Å². The third kappa shape index (κ3) is 3.25. The number of aromatic nitrogens is 2. The lowest BCUT2D eigenvalue weighted by Gasteiger charge is -2.41. The van der Waals surface area contributed by atoms with E-state index in [4.69, 9.17) is 4.74 Å². The third-order valence-electron chi connectivity index (χ3n) is 3.30. The number of carbonyl (C=O) groups is 1. The molecule has 20 heavy (non-hydrogen) atoms. The van der Waals surface area contributed by atoms with E-state index in [1.165, 1.54) is 6.20 Å². The summed E-state index contributed by atoms with van der Waals surface area (Å²) in [7, 11) is 0. The number of nitrogens with zero attached hydrogens (tertiary/aromatic N) is 3. The fourth-order valence-corrected chi connectivity index (χ4v) is 2.18. The van der Waals surface area contributed by atoms with Crippen molar-refractivity contribution in [1.82, 2.24) is 14.9 Å². The fourth-order valence-electron chi connectivity index (χ4n) is 2.18. The Bertz CT molecular complexity index is 476. The highest BCUT2D eigenvalue weighted by Crippen LogP contribution is 2.21. The molecule has 1 saturated heterocycles. The van der Waals surface area contributed by atoms with Gasteiger partial charge in [-0.25, -0.2) is 4.98 Å². The first-order valence-corrected chi connectivity index (χ1v) is 7.00. The molecule has 1 aliphatic rings. The van der Waals surface area contributed by atoms with E-state index >= 15 is 0 Å². The monoisotopic (exact) mass is 278 g/mol. The summed E-state index contributed by atoms with van der Waals surface area (Å²) in [4.78, 5) is 22.8. The molecule has 0 atom stereocenters. The summed E-state index contributed by atoms with van der Waals surface area (Å²) in [6.45, 7) is 8.57. The smallest absolute Gasteiger partial charge is 0.274 e. The van der Waals surface area contributed by atoms with Gasteiger partial charge in [0.05, 0.1) is 31.1 Å². The SMILES string of the molecule is CCCNc1cncc(C(=O)N2CCOCC2(C)C)n1. The minimum absolute atomic E-state index is 0.0917. The van der Waals surface area contributed by atoms with Crippen molar-refractivity contribution in [2.75, 3.05) is 31.6 Å². The zero-order chi connectivity index (χ0) is 14.6. The van der Waals surface area contributed by atoms with E-state index in [2.05, 4.69) is 22.2 Å². The van der Waals surface area contributed by atoms with Gasteiger partial charge in [0.1, 0.15) is 11.5 Å². The average Bonchev–Trinajstić information content (AvgIpc) is 2.44. The van der Waals surface area contributed by atoms with Crippen LogP contribution in [0.1, 0.15) is 37.7 Å². The Morgan fingerprint density at radius 3 is 3.00 bits per heavy atom. The van der Waals surface area contributed by atoms with Gasteiger partial charge in [-0.15, -0.1) is 0 Å². The van der Waals surface area contributed by atoms with Crippen molar-refractivity contribution in [3.8, 4) is 0 Å². The van der Waals surface area contributed by atoms with Crippen molar-refractivity contribution >= 4 is 11.7 Å². The zero-order valence-corrected chi connectivity index (χ0v) is 12.3. The Labute approximate surface area is 119 Å². The van der Waals surface area contributed by atoms with E-state index in [0.29, 0.717) is 31.3 Å². The van der Waals surface area contributed by atoms with Gasteiger partial charge in [0.2, 0.25) is 0 Å². The van der Waals surface area contributed by atoms with Gasteiger partial charge in [-0.2, -0.15) is 0 Å². The molecule has 2 heterocycles. The number of carbonyl (C=O) groups excluding carboxylic acids is 1. The number of hydrogen-bond donors (Lipinski definition) is 1. The molecule has 6 heteroatoms. The number of ether oxygens (including phenoxy) is 1. The molecule has 1 aromatic heterocycles. The van der Waals surface area contributed by atoms with Crippen LogP contribution in [0.5, 0.6) is 0 Å². The standard InChI is InChI=1S/C14H22N4O2/c1-4-5-16-12-9-15-8-11(17-12)13(19)18-6-7-20-10-14(18,2)3/h8-9H,4-7,10H2,1-3H3,(H,16,17). The molecule has 0 unspecified atom stereocenters. The Kier molecular flexibility index (Phi) is 4.54. The second kappa shape index (κ2) is 6.17. The second-order valence-electron chi connectivity index (χ2n) is 5.54. The van der Waals surface area contributed by atoms with Gasteiger partial charge >= 0.3 is 0 Å². The predicted octanol–water partition coefficient (Wildman–Crippen LogP) is 1.55. The largest absolute Gasteiger partial charge is 0.377 e. The Balaban J connectivity index is 2.15. The summed E-state index contributed by atoms with van der Waals surface area (Å²) in [5.74, 6) is 0.551. The highest BCUT2D eigenvalue weighted by atomic mass is 16.5. The fraction of sp³-hybridized carbons (Fsp3) is 0.643. The van der Waals surface area contributed by atoms with Crippen LogP contribution in [-0.2, 0) is 4.74 Å². The van der Waals surface area contributed by atoms with Crippen LogP contribution < -0.4 is 5.32 Å². The number of rotatable bonds is 4. The van der Waals surface area contributed by atoms with E-state index < -0.39 is 0 Å². The van der Waals surface area contributed by atoms with Crippen molar-refractivity contribution in [1.29, 1.82) is 0 Å². The Morgan fingerprint density at radius 1 is 1.50 bits per heavy atom. The minimum Gasteiger partial charge on any atom is -0.377 e. The molecule has 0 spiro atoms. The molecule has 1 N–H and O–H groups in total. The number of hydrogen-bond acceptors (Lipinski definition) is 5. The molecule has 1 amide bonds. The van der Waals surface area contributed by atoms with E-state index in [1.54, 1.807) is 6.20 Å². The van der Waals surface area contributed by atoms with E-state index in [0.717, 1.165) is 13.0 Å². The van der Waals surface area contributed by atoms with Crippen molar-refractivity contribution in [3.63, 3.8) is 0 Å². The minimum atomic E-state index is -0.316. The Hall–Kier alpha value is -1.69. The van der Waals surface area contributed by atoms with Crippen molar-refractivity contribution in [2.24, 2.45) is 0 Å². The molecule has 0 saturated carbocycles. The lowest BCUT2D eigenvalue weighted by molar-refractivity contribution is -0.0373. The quantitative estimate of drug-likeness (QED) is 0.905. The summed E-state index contributed by atoms with van der Waals surface area (Å²) in [6.07, 6.45) is 4.15. The highest BCUT2D eigenvalue weighted by molar-refractivity contribution is 5.93. The topological polar surface area (TPSA) is 67.4 Å². The van der Waals surface area contributed by atoms with Crippen LogP contribution >= 0.6 is 0 Å². The van der Waals surface area contributed by atoms with Gasteiger partial charge in [-0.05, 0) is 20.3 Å². The first kappa shape index (κ1) is 14.7. The third-order valence-corrected chi connectivity index (χ3v) is 3.30. The summed E-state index contributed by atoms with van der Waals surface area (Å²) < 4.78 is 5.44. The van der Waals surface area contributed by atoms with Gasteiger partial charge in [0.15, 0.2) is 0 Å². The molecule has 1 aromatic rings. The summed E-state index contributed by atoms with van der Waals surface area (Å²) >= 11 is 0. The number of nitrogens with one attached hydrogen (secondary N) is 1.